The molecule has 2 rings (SSSR count). The molecule has 0 bridgehead atoms. The largest absolute Gasteiger partial charge is 0.508 e. The van der Waals surface area contributed by atoms with Gasteiger partial charge in [-0.15, -0.1) is 0 Å². The second kappa shape index (κ2) is 8.14. The van der Waals surface area contributed by atoms with Gasteiger partial charge in [0.15, 0.2) is 5.76 Å². The third-order valence-corrected chi connectivity index (χ3v) is 2.20. The van der Waals surface area contributed by atoms with Gasteiger partial charge in [-0.3, -0.25) is 0 Å². The first-order valence-electron chi connectivity index (χ1n) is 5.10. The van der Waals surface area contributed by atoms with Gasteiger partial charge in [0.05, 0.1) is 0 Å². The van der Waals surface area contributed by atoms with Gasteiger partial charge in [0.1, 0.15) is 18.0 Å². The molecule has 96 valence electrons. The van der Waals surface area contributed by atoms with Crippen molar-refractivity contribution < 1.29 is 37.5 Å². The molecule has 17 heavy (non-hydrogen) atoms. The Morgan fingerprint density at radius 2 is 1.53 bits per heavy atom. The van der Waals surface area contributed by atoms with Crippen LogP contribution in [0.15, 0.2) is 48.0 Å². The zero-order valence-electron chi connectivity index (χ0n) is 9.18. The summed E-state index contributed by atoms with van der Waals surface area (Å²) in [5, 5.41) is 35.1. The Balaban J connectivity index is 0.000000284. The van der Waals surface area contributed by atoms with Gasteiger partial charge in [0.25, 0.3) is 0 Å². The zero-order chi connectivity index (χ0) is 12.0. The van der Waals surface area contributed by atoms with Crippen LogP contribution in [0.1, 0.15) is 12.8 Å². The molecule has 0 amide bonds. The Morgan fingerprint density at radius 3 is 1.82 bits per heavy atom. The van der Waals surface area contributed by atoms with Crippen molar-refractivity contribution in [1.29, 1.82) is 0 Å². The molecule has 2 atom stereocenters. The van der Waals surface area contributed by atoms with E-state index in [-0.39, 0.29) is 28.6 Å². The minimum atomic E-state index is -0.708. The molecule has 2 aliphatic rings. The van der Waals surface area contributed by atoms with E-state index in [2.05, 4.69) is 0 Å². The fourth-order valence-corrected chi connectivity index (χ4v) is 1.22. The Kier molecular flexibility index (Phi) is 7.66. The van der Waals surface area contributed by atoms with Crippen molar-refractivity contribution in [2.24, 2.45) is 0 Å². The van der Waals surface area contributed by atoms with Gasteiger partial charge in [-0.25, -0.2) is 0 Å². The van der Waals surface area contributed by atoms with Gasteiger partial charge >= 0.3 is 0 Å². The number of allylic oxidation sites excluding steroid dienone is 5. The molecule has 0 aromatic carbocycles. The zero-order valence-corrected chi connectivity index (χ0v) is 10.3. The van der Waals surface area contributed by atoms with Crippen molar-refractivity contribution in [2.45, 2.75) is 25.0 Å². The molecular formula is C12H16FeO4. The molecule has 4 N–H and O–H groups in total. The van der Waals surface area contributed by atoms with Crippen LogP contribution in [0.2, 0.25) is 0 Å². The maximum atomic E-state index is 8.79. The van der Waals surface area contributed by atoms with Crippen molar-refractivity contribution in [3.8, 4) is 0 Å². The van der Waals surface area contributed by atoms with E-state index in [1.165, 1.54) is 6.08 Å². The number of aliphatic hydroxyl groups excluding tert-OH is 4. The predicted octanol–water partition coefficient (Wildman–Crippen LogP) is 1.50. The minimum absolute atomic E-state index is 0. The summed E-state index contributed by atoms with van der Waals surface area (Å²) >= 11 is 0. The summed E-state index contributed by atoms with van der Waals surface area (Å²) in [7, 11) is 0. The molecule has 1 unspecified atom stereocenters. The molecule has 4 nitrogen and oxygen atoms in total. The third kappa shape index (κ3) is 5.75. The first-order chi connectivity index (χ1) is 7.61. The molecule has 0 fully saturated rings. The van der Waals surface area contributed by atoms with Gasteiger partial charge in [-0.05, 0) is 12.5 Å². The van der Waals surface area contributed by atoms with Gasteiger partial charge in [0.2, 0.25) is 0 Å². The van der Waals surface area contributed by atoms with Crippen LogP contribution in [0.25, 0.3) is 0 Å². The van der Waals surface area contributed by atoms with Crippen LogP contribution in [0.4, 0.5) is 0 Å². The van der Waals surface area contributed by atoms with E-state index in [4.69, 9.17) is 20.4 Å². The van der Waals surface area contributed by atoms with Crippen LogP contribution in [0, 0.1) is 0 Å². The number of aliphatic hydroxyl groups is 4. The van der Waals surface area contributed by atoms with E-state index >= 15 is 0 Å². The Bertz CT molecular complexity index is 328. The third-order valence-electron chi connectivity index (χ3n) is 2.20. The van der Waals surface area contributed by atoms with E-state index in [1.54, 1.807) is 24.3 Å². The van der Waals surface area contributed by atoms with Gasteiger partial charge in [0, 0.05) is 23.5 Å². The molecule has 0 spiro atoms. The smallest absolute Gasteiger partial charge is 0.152 e. The van der Waals surface area contributed by atoms with Crippen LogP contribution in [0.3, 0.4) is 0 Å². The summed E-state index contributed by atoms with van der Waals surface area (Å²) in [6, 6.07) is 0. The summed E-state index contributed by atoms with van der Waals surface area (Å²) in [6.07, 6.45) is 9.83. The summed E-state index contributed by atoms with van der Waals surface area (Å²) < 4.78 is 0. The summed E-state index contributed by atoms with van der Waals surface area (Å²) in [5.41, 5.74) is 0. The maximum absolute atomic E-state index is 8.79. The number of rotatable bonds is 0. The summed E-state index contributed by atoms with van der Waals surface area (Å²) in [6.45, 7) is 0. The quantitative estimate of drug-likeness (QED) is 0.507. The summed E-state index contributed by atoms with van der Waals surface area (Å²) in [5.74, 6) is 0.115. The number of hydrogen-bond donors (Lipinski definition) is 4. The molecule has 0 aromatic rings. The van der Waals surface area contributed by atoms with Crippen molar-refractivity contribution in [3.63, 3.8) is 0 Å². The predicted molar refractivity (Wildman–Crippen MR) is 61.0 cm³/mol. The molecule has 0 saturated carbocycles. The van der Waals surface area contributed by atoms with E-state index in [9.17, 15) is 0 Å². The fourth-order valence-electron chi connectivity index (χ4n) is 1.22. The van der Waals surface area contributed by atoms with E-state index in [0.717, 1.165) is 6.42 Å². The van der Waals surface area contributed by atoms with Crippen molar-refractivity contribution in [3.05, 3.63) is 48.0 Å². The van der Waals surface area contributed by atoms with E-state index in [1.807, 2.05) is 6.08 Å². The molecule has 0 aromatic heterocycles. The Morgan fingerprint density at radius 1 is 1.00 bits per heavy atom. The summed E-state index contributed by atoms with van der Waals surface area (Å²) in [4.78, 5) is 0. The average Bonchev–Trinajstić information content (AvgIpc) is 2.28. The second-order valence-electron chi connectivity index (χ2n) is 3.52. The maximum Gasteiger partial charge on any atom is 0.152 e. The van der Waals surface area contributed by atoms with Crippen LogP contribution < -0.4 is 0 Å². The molecule has 0 heterocycles. The van der Waals surface area contributed by atoms with Gasteiger partial charge in [-0.2, -0.15) is 0 Å². The monoisotopic (exact) mass is 280 g/mol. The standard InChI is InChI=1S/2C6H8O2.Fe/c2*7-5-3-1-2-4-6(5)8;/h1,3,7-8H,2,4H2;1-8H;/t;5-,6?;/m.0./s1. The van der Waals surface area contributed by atoms with Crippen molar-refractivity contribution >= 4 is 0 Å². The van der Waals surface area contributed by atoms with Crippen molar-refractivity contribution in [1.82, 2.24) is 0 Å². The van der Waals surface area contributed by atoms with Gasteiger partial charge < -0.3 is 20.4 Å². The van der Waals surface area contributed by atoms with E-state index < -0.39 is 12.2 Å². The second-order valence-corrected chi connectivity index (χ2v) is 3.52. The molecule has 2 aliphatic carbocycles. The average molecular weight is 280 g/mol. The Labute approximate surface area is 111 Å². The first-order valence-corrected chi connectivity index (χ1v) is 5.10. The molecule has 0 aliphatic heterocycles. The molecular weight excluding hydrogens is 264 g/mol. The van der Waals surface area contributed by atoms with Crippen LogP contribution in [0.5, 0.6) is 0 Å². The molecule has 0 radical (unpaired) electrons. The van der Waals surface area contributed by atoms with Crippen LogP contribution >= 0.6 is 0 Å². The molecule has 5 heteroatoms. The first kappa shape index (κ1) is 16.0. The normalized spacial score (nSPS) is 26.0. The Hall–Kier alpha value is -1.00. The van der Waals surface area contributed by atoms with Crippen LogP contribution in [-0.2, 0) is 17.1 Å². The van der Waals surface area contributed by atoms with Crippen molar-refractivity contribution in [2.75, 3.05) is 0 Å². The number of hydrogen-bond acceptors (Lipinski definition) is 4. The van der Waals surface area contributed by atoms with Crippen LogP contribution in [-0.4, -0.2) is 32.6 Å². The fraction of sp³-hybridized carbons (Fsp3) is 0.333. The van der Waals surface area contributed by atoms with E-state index in [0.29, 0.717) is 6.42 Å². The minimum Gasteiger partial charge on any atom is -0.508 e. The molecule has 0 saturated heterocycles. The topological polar surface area (TPSA) is 80.9 Å². The SMILES string of the molecule is OC1=C(O)CCC=C1.OC1C=CC=C[C@@H]1O.[Fe]. The van der Waals surface area contributed by atoms with Gasteiger partial charge in [-0.1, -0.05) is 30.4 Å².